The van der Waals surface area contributed by atoms with E-state index in [9.17, 15) is 18.4 Å². The van der Waals surface area contributed by atoms with Crippen LogP contribution in [0.4, 0.5) is 14.5 Å². The van der Waals surface area contributed by atoms with E-state index in [1.54, 1.807) is 57.4 Å². The largest absolute Gasteiger partial charge is 0.338 e. The molecule has 1 aliphatic rings. The first-order chi connectivity index (χ1) is 23.6. The molecule has 6 aromatic rings. The Hall–Kier alpha value is -5.50. The molecule has 1 aliphatic heterocycles. The van der Waals surface area contributed by atoms with Crippen LogP contribution in [0.2, 0.25) is 5.02 Å². The van der Waals surface area contributed by atoms with Crippen LogP contribution in [0.5, 0.6) is 0 Å². The molecule has 15 heteroatoms. The third kappa shape index (κ3) is 6.03. The van der Waals surface area contributed by atoms with E-state index in [1.807, 2.05) is 38.2 Å². The van der Waals surface area contributed by atoms with Crippen LogP contribution in [0, 0.1) is 20.8 Å². The minimum atomic E-state index is -2.93. The lowest BCUT2D eigenvalue weighted by Crippen LogP contribution is -2.39. The molecule has 7 rings (SSSR count). The number of rotatable bonds is 7. The molecule has 5 heterocycles. The summed E-state index contributed by atoms with van der Waals surface area (Å²) < 4.78 is 33.2. The fourth-order valence-electron chi connectivity index (χ4n) is 6.25. The van der Waals surface area contributed by atoms with E-state index in [4.69, 9.17) is 11.6 Å². The van der Waals surface area contributed by atoms with Crippen LogP contribution in [0.1, 0.15) is 68.8 Å². The van der Waals surface area contributed by atoms with Gasteiger partial charge in [0.15, 0.2) is 5.65 Å². The molecule has 0 unspecified atom stereocenters. The summed E-state index contributed by atoms with van der Waals surface area (Å²) in [5.74, 6) is -0.801. The summed E-state index contributed by atoms with van der Waals surface area (Å²) in [7, 11) is 0. The summed E-state index contributed by atoms with van der Waals surface area (Å²) in [5, 5.41) is 20.4. The first kappa shape index (κ1) is 32.1. The number of nitrogens with one attached hydrogen (secondary N) is 1. The summed E-state index contributed by atoms with van der Waals surface area (Å²) in [4.78, 5) is 32.7. The lowest BCUT2D eigenvalue weighted by molar-refractivity contribution is 0.0676. The molecule has 2 amide bonds. The molecule has 2 aromatic carbocycles. The van der Waals surface area contributed by atoms with E-state index in [0.29, 0.717) is 48.5 Å². The number of fused-ring (bicyclic) bond motifs is 1. The van der Waals surface area contributed by atoms with Crippen molar-refractivity contribution in [1.29, 1.82) is 0 Å². The number of aryl methyl sites for hydroxylation is 3. The number of benzene rings is 2. The number of halogens is 3. The van der Waals surface area contributed by atoms with Gasteiger partial charge in [-0.3, -0.25) is 9.59 Å². The number of piperidine rings is 1. The Labute approximate surface area is 284 Å². The Kier molecular flexibility index (Phi) is 8.40. The molecule has 0 radical (unpaired) electrons. The monoisotopic (exact) mass is 684 g/mol. The molecule has 0 atom stereocenters. The average molecular weight is 685 g/mol. The number of para-hydroxylation sites is 1. The minimum absolute atomic E-state index is 0.0305. The quantitative estimate of drug-likeness (QED) is 0.206. The highest BCUT2D eigenvalue weighted by Crippen LogP contribution is 2.33. The third-order valence-electron chi connectivity index (χ3n) is 8.69. The Morgan fingerprint density at radius 1 is 1.02 bits per heavy atom. The van der Waals surface area contributed by atoms with Crippen LogP contribution >= 0.6 is 11.6 Å². The highest BCUT2D eigenvalue weighted by atomic mass is 35.5. The van der Waals surface area contributed by atoms with E-state index >= 15 is 0 Å². The summed E-state index contributed by atoms with van der Waals surface area (Å²) in [5.41, 5.74) is 4.55. The zero-order valence-electron chi connectivity index (χ0n) is 26.8. The molecule has 250 valence electrons. The van der Waals surface area contributed by atoms with Gasteiger partial charge in [-0.1, -0.05) is 41.1 Å². The fourth-order valence-corrected chi connectivity index (χ4v) is 6.47. The maximum atomic E-state index is 14.4. The van der Waals surface area contributed by atoms with Crippen molar-refractivity contribution in [2.24, 2.45) is 0 Å². The minimum Gasteiger partial charge on any atom is -0.338 e. The van der Waals surface area contributed by atoms with Gasteiger partial charge in [-0.05, 0) is 63.9 Å². The van der Waals surface area contributed by atoms with Crippen molar-refractivity contribution in [2.45, 2.75) is 46.1 Å². The molecular formula is C34H31ClF2N10O2. The lowest BCUT2D eigenvalue weighted by atomic mass is 10.0. The fraction of sp³-hybridized carbons (Fsp3) is 0.265. The summed E-state index contributed by atoms with van der Waals surface area (Å²) in [6, 6.07) is 15.7. The van der Waals surface area contributed by atoms with Crippen molar-refractivity contribution in [3.63, 3.8) is 0 Å². The standard InChI is InChI=1S/C34H31ClF2N10O2/c1-19-16-20(2)46-32(39-19)25(17-38-46)33(48)40-23-10-8-22(9-11-23)27-18-45(43-41-27)24-12-14-44(15-13-24)34(49)29-21(3)42-47(30(29)31(36)37)28-7-5-4-6-26(28)35/h4-11,16-18,24,31H,12-15H2,1-3H3,(H,40,48). The molecule has 1 fully saturated rings. The van der Waals surface area contributed by atoms with Gasteiger partial charge in [0.05, 0.1) is 40.4 Å². The van der Waals surface area contributed by atoms with Crippen molar-refractivity contribution in [3.05, 3.63) is 106 Å². The topological polar surface area (TPSA) is 128 Å². The Bertz CT molecular complexity index is 2200. The molecule has 0 aliphatic carbocycles. The van der Waals surface area contributed by atoms with Crippen LogP contribution in [0.25, 0.3) is 22.6 Å². The van der Waals surface area contributed by atoms with Gasteiger partial charge in [0.25, 0.3) is 18.2 Å². The summed E-state index contributed by atoms with van der Waals surface area (Å²) in [6.45, 7) is 6.04. The van der Waals surface area contributed by atoms with Gasteiger partial charge >= 0.3 is 0 Å². The van der Waals surface area contributed by atoms with Crippen molar-refractivity contribution in [1.82, 2.24) is 44.3 Å². The van der Waals surface area contributed by atoms with E-state index in [1.165, 1.54) is 6.20 Å². The second-order valence-electron chi connectivity index (χ2n) is 12.0. The average Bonchev–Trinajstić information content (AvgIpc) is 3.83. The summed E-state index contributed by atoms with van der Waals surface area (Å²) in [6.07, 6.45) is 1.56. The molecule has 1 N–H and O–H groups in total. The van der Waals surface area contributed by atoms with Crippen molar-refractivity contribution >= 4 is 34.7 Å². The Morgan fingerprint density at radius 3 is 2.47 bits per heavy atom. The molecule has 49 heavy (non-hydrogen) atoms. The number of likely N-dealkylation sites (tertiary alicyclic amines) is 1. The van der Waals surface area contributed by atoms with Gasteiger partial charge in [-0.2, -0.15) is 10.2 Å². The Morgan fingerprint density at radius 2 is 1.76 bits per heavy atom. The number of anilines is 1. The number of nitrogens with zero attached hydrogens (tertiary/aromatic N) is 9. The van der Waals surface area contributed by atoms with E-state index in [2.05, 4.69) is 30.8 Å². The lowest BCUT2D eigenvalue weighted by Gasteiger charge is -2.32. The van der Waals surface area contributed by atoms with Crippen LogP contribution in [0.3, 0.4) is 0 Å². The van der Waals surface area contributed by atoms with Gasteiger partial charge in [-0.15, -0.1) is 5.10 Å². The Balaban J connectivity index is 1.00. The van der Waals surface area contributed by atoms with Crippen LogP contribution in [-0.4, -0.2) is 69.2 Å². The summed E-state index contributed by atoms with van der Waals surface area (Å²) >= 11 is 6.27. The van der Waals surface area contributed by atoms with Gasteiger partial charge in [-0.25, -0.2) is 27.6 Å². The van der Waals surface area contributed by atoms with Gasteiger partial charge < -0.3 is 10.2 Å². The highest BCUT2D eigenvalue weighted by Gasteiger charge is 2.33. The van der Waals surface area contributed by atoms with Gasteiger partial charge in [0.2, 0.25) is 0 Å². The highest BCUT2D eigenvalue weighted by molar-refractivity contribution is 6.32. The van der Waals surface area contributed by atoms with Gasteiger partial charge in [0.1, 0.15) is 17.0 Å². The van der Waals surface area contributed by atoms with Crippen molar-refractivity contribution in [2.75, 3.05) is 18.4 Å². The number of amides is 2. The first-order valence-electron chi connectivity index (χ1n) is 15.7. The van der Waals surface area contributed by atoms with E-state index in [0.717, 1.165) is 21.6 Å². The molecular weight excluding hydrogens is 654 g/mol. The van der Waals surface area contributed by atoms with E-state index < -0.39 is 18.0 Å². The predicted octanol–water partition coefficient (Wildman–Crippen LogP) is 6.42. The zero-order valence-corrected chi connectivity index (χ0v) is 27.6. The number of hydrogen-bond donors (Lipinski definition) is 1. The number of carbonyl (C=O) groups excluding carboxylic acids is 2. The van der Waals surface area contributed by atoms with Crippen LogP contribution in [0.15, 0.2) is 67.0 Å². The molecule has 12 nitrogen and oxygen atoms in total. The number of aromatic nitrogens is 8. The first-order valence-corrected chi connectivity index (χ1v) is 16.0. The predicted molar refractivity (Wildman–Crippen MR) is 178 cm³/mol. The van der Waals surface area contributed by atoms with Crippen LogP contribution in [-0.2, 0) is 0 Å². The smallest absolute Gasteiger partial charge is 0.281 e. The zero-order chi connectivity index (χ0) is 34.4. The van der Waals surface area contributed by atoms with Crippen molar-refractivity contribution < 1.29 is 18.4 Å². The second-order valence-corrected chi connectivity index (χ2v) is 12.4. The second kappa shape index (κ2) is 12.8. The third-order valence-corrected chi connectivity index (χ3v) is 9.01. The molecule has 4 aromatic heterocycles. The maximum Gasteiger partial charge on any atom is 0.281 e. The van der Waals surface area contributed by atoms with Gasteiger partial charge in [0, 0.05) is 35.7 Å². The normalized spacial score (nSPS) is 13.8. The number of alkyl halides is 2. The molecule has 0 saturated carbocycles. The van der Waals surface area contributed by atoms with E-state index in [-0.39, 0.29) is 33.9 Å². The molecule has 0 spiro atoms. The number of hydrogen-bond acceptors (Lipinski definition) is 7. The number of carbonyl (C=O) groups is 2. The molecule has 0 bridgehead atoms. The van der Waals surface area contributed by atoms with Crippen LogP contribution < -0.4 is 5.32 Å². The van der Waals surface area contributed by atoms with Crippen molar-refractivity contribution in [3.8, 4) is 16.9 Å². The SMILES string of the molecule is Cc1cc(C)n2ncc(C(=O)Nc3ccc(-c4cn(C5CCN(C(=O)c6c(C)nn(-c7ccccc7Cl)c6C(F)F)CC5)nn4)cc3)c2n1. The maximum absolute atomic E-state index is 14.4. The molecule has 1 saturated heterocycles.